The van der Waals surface area contributed by atoms with Gasteiger partial charge in [-0.25, -0.2) is 15.0 Å². The second-order valence-corrected chi connectivity index (χ2v) is 8.46. The second-order valence-electron chi connectivity index (χ2n) is 5.74. The molecule has 0 aliphatic rings. The number of thiophene rings is 1. The molecule has 0 spiro atoms. The maximum absolute atomic E-state index is 12.3. The monoisotopic (exact) mass is 412 g/mol. The first-order valence-electron chi connectivity index (χ1n) is 8.38. The first-order chi connectivity index (χ1) is 13.2. The van der Waals surface area contributed by atoms with E-state index in [1.165, 1.54) is 35.0 Å². The Balaban J connectivity index is 1.38. The van der Waals surface area contributed by atoms with Crippen molar-refractivity contribution < 1.29 is 4.79 Å². The number of hydrogen-bond donors (Lipinski definition) is 1. The average Bonchev–Trinajstić information content (AvgIpc) is 3.36. The molecule has 5 nitrogen and oxygen atoms in total. The first kappa shape index (κ1) is 18.1. The lowest BCUT2D eigenvalue weighted by molar-refractivity contribution is -0.113. The second kappa shape index (κ2) is 8.16. The molecule has 0 saturated heterocycles. The highest BCUT2D eigenvalue weighted by Gasteiger charge is 2.11. The molecule has 1 N–H and O–H groups in total. The number of benzene rings is 1. The van der Waals surface area contributed by atoms with Crippen LogP contribution in [0.3, 0.4) is 0 Å². The quantitative estimate of drug-likeness (QED) is 0.352. The minimum Gasteiger partial charge on any atom is -0.301 e. The summed E-state index contributed by atoms with van der Waals surface area (Å²) in [6, 6.07) is 10.3. The van der Waals surface area contributed by atoms with Crippen LogP contribution in [0.2, 0.25) is 0 Å². The standard InChI is InChI=1S/C19H16N4OS3/c1-2-12-3-5-13(6-4-12)15-9-27-19(22-15)23-16(24)10-26-18-14-7-8-25-17(14)20-11-21-18/h3-9,11H,2,10H2,1H3,(H,22,23,24). The Kier molecular flexibility index (Phi) is 5.47. The molecular weight excluding hydrogens is 396 g/mol. The van der Waals surface area contributed by atoms with Crippen LogP contribution in [0, 0.1) is 0 Å². The molecule has 3 aromatic heterocycles. The molecule has 27 heavy (non-hydrogen) atoms. The highest BCUT2D eigenvalue weighted by atomic mass is 32.2. The van der Waals surface area contributed by atoms with Crippen molar-refractivity contribution in [1.82, 2.24) is 15.0 Å². The first-order valence-corrected chi connectivity index (χ1v) is 11.1. The molecule has 0 radical (unpaired) electrons. The lowest BCUT2D eigenvalue weighted by Crippen LogP contribution is -2.13. The summed E-state index contributed by atoms with van der Waals surface area (Å²) in [6.45, 7) is 2.13. The summed E-state index contributed by atoms with van der Waals surface area (Å²) in [5, 5.41) is 9.24. The number of amides is 1. The normalized spacial score (nSPS) is 11.0. The fourth-order valence-corrected chi connectivity index (χ4v) is 4.86. The average molecular weight is 413 g/mol. The van der Waals surface area contributed by atoms with E-state index in [-0.39, 0.29) is 11.7 Å². The molecule has 8 heteroatoms. The van der Waals surface area contributed by atoms with Crippen LogP contribution in [-0.4, -0.2) is 26.6 Å². The van der Waals surface area contributed by atoms with Crippen LogP contribution >= 0.6 is 34.4 Å². The molecule has 0 saturated carbocycles. The maximum Gasteiger partial charge on any atom is 0.236 e. The van der Waals surface area contributed by atoms with E-state index in [9.17, 15) is 4.79 Å². The number of thiazole rings is 1. The molecule has 3 heterocycles. The fraction of sp³-hybridized carbons (Fsp3) is 0.158. The van der Waals surface area contributed by atoms with Gasteiger partial charge in [-0.05, 0) is 23.4 Å². The molecule has 0 unspecified atom stereocenters. The van der Waals surface area contributed by atoms with Crippen molar-refractivity contribution in [2.24, 2.45) is 0 Å². The third-order valence-electron chi connectivity index (χ3n) is 3.97. The maximum atomic E-state index is 12.3. The van der Waals surface area contributed by atoms with Gasteiger partial charge in [0.2, 0.25) is 5.91 Å². The summed E-state index contributed by atoms with van der Waals surface area (Å²) in [4.78, 5) is 26.3. The van der Waals surface area contributed by atoms with Gasteiger partial charge in [0.15, 0.2) is 5.13 Å². The number of nitrogens with zero attached hydrogens (tertiary/aromatic N) is 3. The van der Waals surface area contributed by atoms with Gasteiger partial charge in [0.25, 0.3) is 0 Å². The highest BCUT2D eigenvalue weighted by Crippen LogP contribution is 2.28. The van der Waals surface area contributed by atoms with Crippen molar-refractivity contribution in [1.29, 1.82) is 0 Å². The Morgan fingerprint density at radius 3 is 2.81 bits per heavy atom. The van der Waals surface area contributed by atoms with Gasteiger partial charge in [-0.15, -0.1) is 22.7 Å². The Morgan fingerprint density at radius 2 is 2.00 bits per heavy atom. The zero-order chi connectivity index (χ0) is 18.6. The molecule has 0 fully saturated rings. The Labute approximate surface area is 168 Å². The van der Waals surface area contributed by atoms with Crippen LogP contribution in [0.1, 0.15) is 12.5 Å². The van der Waals surface area contributed by atoms with Gasteiger partial charge in [0.1, 0.15) is 16.2 Å². The lowest BCUT2D eigenvalue weighted by atomic mass is 10.1. The van der Waals surface area contributed by atoms with E-state index in [2.05, 4.69) is 51.5 Å². The van der Waals surface area contributed by atoms with Crippen LogP contribution in [0.15, 0.2) is 52.4 Å². The van der Waals surface area contributed by atoms with Gasteiger partial charge < -0.3 is 5.32 Å². The Hall–Kier alpha value is -2.29. The zero-order valence-electron chi connectivity index (χ0n) is 14.5. The molecule has 1 amide bonds. The van der Waals surface area contributed by atoms with E-state index in [0.717, 1.165) is 32.9 Å². The summed E-state index contributed by atoms with van der Waals surface area (Å²) in [7, 11) is 0. The number of aryl methyl sites for hydroxylation is 1. The number of nitrogens with one attached hydrogen (secondary N) is 1. The van der Waals surface area contributed by atoms with E-state index in [1.54, 1.807) is 11.3 Å². The Morgan fingerprint density at radius 1 is 1.15 bits per heavy atom. The lowest BCUT2D eigenvalue weighted by Gasteiger charge is -2.03. The number of rotatable bonds is 6. The molecule has 0 atom stereocenters. The SMILES string of the molecule is CCc1ccc(-c2csc(NC(=O)CSc3ncnc4sccc34)n2)cc1. The third-order valence-corrected chi connectivity index (χ3v) is 6.56. The van der Waals surface area contributed by atoms with Gasteiger partial charge >= 0.3 is 0 Å². The predicted octanol–water partition coefficient (Wildman–Crippen LogP) is 5.11. The van der Waals surface area contributed by atoms with Crippen molar-refractivity contribution in [3.8, 4) is 11.3 Å². The van der Waals surface area contributed by atoms with E-state index in [4.69, 9.17) is 0 Å². The number of carbonyl (C=O) groups excluding carboxylic acids is 1. The predicted molar refractivity (Wildman–Crippen MR) is 114 cm³/mol. The number of aromatic nitrogens is 3. The van der Waals surface area contributed by atoms with Crippen LogP contribution in [0.4, 0.5) is 5.13 Å². The van der Waals surface area contributed by atoms with Gasteiger partial charge in [-0.3, -0.25) is 4.79 Å². The Bertz CT molecular complexity index is 1070. The van der Waals surface area contributed by atoms with Gasteiger partial charge in [0.05, 0.1) is 11.4 Å². The molecule has 4 aromatic rings. The number of thioether (sulfide) groups is 1. The smallest absolute Gasteiger partial charge is 0.236 e. The van der Waals surface area contributed by atoms with Crippen molar-refractivity contribution >= 4 is 55.7 Å². The van der Waals surface area contributed by atoms with Crippen LogP contribution in [0.5, 0.6) is 0 Å². The number of anilines is 1. The fourth-order valence-electron chi connectivity index (χ4n) is 2.55. The zero-order valence-corrected chi connectivity index (χ0v) is 17.0. The van der Waals surface area contributed by atoms with E-state index >= 15 is 0 Å². The molecule has 1 aromatic carbocycles. The summed E-state index contributed by atoms with van der Waals surface area (Å²) in [6.07, 6.45) is 2.55. The number of fused-ring (bicyclic) bond motifs is 1. The van der Waals surface area contributed by atoms with Crippen LogP contribution < -0.4 is 5.32 Å². The molecule has 136 valence electrons. The van der Waals surface area contributed by atoms with Gasteiger partial charge in [-0.1, -0.05) is 43.0 Å². The van der Waals surface area contributed by atoms with Crippen molar-refractivity contribution in [2.45, 2.75) is 18.4 Å². The van der Waals surface area contributed by atoms with Crippen molar-refractivity contribution in [3.05, 3.63) is 53.0 Å². The van der Waals surface area contributed by atoms with Crippen LogP contribution in [-0.2, 0) is 11.2 Å². The minimum absolute atomic E-state index is 0.0933. The highest BCUT2D eigenvalue weighted by molar-refractivity contribution is 8.00. The minimum atomic E-state index is -0.0933. The molecule has 0 aliphatic carbocycles. The van der Waals surface area contributed by atoms with E-state index < -0.39 is 0 Å². The summed E-state index contributed by atoms with van der Waals surface area (Å²) < 4.78 is 0. The van der Waals surface area contributed by atoms with Crippen molar-refractivity contribution in [3.63, 3.8) is 0 Å². The molecule has 0 bridgehead atoms. The van der Waals surface area contributed by atoms with Crippen molar-refractivity contribution in [2.75, 3.05) is 11.1 Å². The summed E-state index contributed by atoms with van der Waals surface area (Å²) in [5.41, 5.74) is 3.23. The molecular formula is C19H16N4OS3. The topological polar surface area (TPSA) is 67.8 Å². The van der Waals surface area contributed by atoms with E-state index in [1.807, 2.05) is 16.8 Å². The van der Waals surface area contributed by atoms with E-state index in [0.29, 0.717) is 5.13 Å². The van der Waals surface area contributed by atoms with Gasteiger partial charge in [-0.2, -0.15) is 0 Å². The summed E-state index contributed by atoms with van der Waals surface area (Å²) in [5.74, 6) is 0.187. The molecule has 4 rings (SSSR count). The summed E-state index contributed by atoms with van der Waals surface area (Å²) >= 11 is 4.41. The van der Waals surface area contributed by atoms with Gasteiger partial charge in [0, 0.05) is 16.3 Å². The number of carbonyl (C=O) groups is 1. The number of hydrogen-bond acceptors (Lipinski definition) is 7. The third kappa shape index (κ3) is 4.18. The molecule has 0 aliphatic heterocycles. The largest absolute Gasteiger partial charge is 0.301 e. The van der Waals surface area contributed by atoms with Crippen LogP contribution in [0.25, 0.3) is 21.5 Å².